The van der Waals surface area contributed by atoms with Gasteiger partial charge >= 0.3 is 0 Å². The molecule has 0 aliphatic heterocycles. The highest BCUT2D eigenvalue weighted by Gasteiger charge is 2.21. The van der Waals surface area contributed by atoms with Crippen molar-refractivity contribution >= 4 is 23.4 Å². The number of amides is 1. The molecule has 0 saturated carbocycles. The molecular weight excluding hydrogens is 380 g/mol. The van der Waals surface area contributed by atoms with Gasteiger partial charge in [-0.3, -0.25) is 9.36 Å². The Kier molecular flexibility index (Phi) is 6.88. The maximum atomic E-state index is 12.8. The van der Waals surface area contributed by atoms with Gasteiger partial charge in [0.1, 0.15) is 0 Å². The highest BCUT2D eigenvalue weighted by Crippen LogP contribution is 2.29. The van der Waals surface area contributed by atoms with Crippen LogP contribution in [0, 0.1) is 0 Å². The van der Waals surface area contributed by atoms with Crippen molar-refractivity contribution in [2.75, 3.05) is 5.32 Å². The number of rotatable bonds is 8. The van der Waals surface area contributed by atoms with Crippen LogP contribution >= 0.6 is 11.8 Å². The molecule has 1 atom stereocenters. The minimum Gasteiger partial charge on any atom is -0.325 e. The molecule has 1 N–H and O–H groups in total. The Morgan fingerprint density at radius 2 is 1.79 bits per heavy atom. The molecule has 150 valence electrons. The summed E-state index contributed by atoms with van der Waals surface area (Å²) in [4.78, 5) is 12.8. The predicted octanol–water partition coefficient (Wildman–Crippen LogP) is 5.37. The smallest absolute Gasteiger partial charge is 0.237 e. The molecule has 5 nitrogen and oxygen atoms in total. The van der Waals surface area contributed by atoms with E-state index in [-0.39, 0.29) is 11.2 Å². The second kappa shape index (κ2) is 9.56. The van der Waals surface area contributed by atoms with Gasteiger partial charge in [-0.25, -0.2) is 0 Å². The molecule has 1 heterocycles. The van der Waals surface area contributed by atoms with E-state index >= 15 is 0 Å². The number of nitrogens with one attached hydrogen (secondary N) is 1. The normalized spacial score (nSPS) is 12.0. The van der Waals surface area contributed by atoms with Crippen LogP contribution < -0.4 is 5.32 Å². The molecule has 0 aliphatic rings. The van der Waals surface area contributed by atoms with Crippen molar-refractivity contribution in [2.24, 2.45) is 0 Å². The van der Waals surface area contributed by atoms with Crippen LogP contribution in [0.15, 0.2) is 72.4 Å². The van der Waals surface area contributed by atoms with E-state index < -0.39 is 0 Å². The summed E-state index contributed by atoms with van der Waals surface area (Å²) in [6.07, 6.45) is 1.81. The highest BCUT2D eigenvalue weighted by atomic mass is 32.2. The van der Waals surface area contributed by atoms with Crippen LogP contribution in [0.4, 0.5) is 5.69 Å². The van der Waals surface area contributed by atoms with Gasteiger partial charge in [-0.15, -0.1) is 16.8 Å². The fraction of sp³-hybridized carbons (Fsp3) is 0.261. The third-order valence-corrected chi connectivity index (χ3v) is 5.63. The lowest BCUT2D eigenvalue weighted by molar-refractivity contribution is -0.115. The first-order chi connectivity index (χ1) is 14.0. The second-order valence-corrected chi connectivity index (χ2v) is 8.37. The average Bonchev–Trinajstić information content (AvgIpc) is 3.11. The summed E-state index contributed by atoms with van der Waals surface area (Å²) in [7, 11) is 0. The minimum absolute atomic E-state index is 0.0579. The fourth-order valence-corrected chi connectivity index (χ4v) is 3.89. The molecule has 1 amide bonds. The summed E-state index contributed by atoms with van der Waals surface area (Å²) in [5.41, 5.74) is 2.97. The molecule has 29 heavy (non-hydrogen) atoms. The number of thioether (sulfide) groups is 1. The van der Waals surface area contributed by atoms with Crippen LogP contribution in [0.2, 0.25) is 0 Å². The second-order valence-electron chi connectivity index (χ2n) is 7.06. The van der Waals surface area contributed by atoms with Gasteiger partial charge in [0.25, 0.3) is 0 Å². The number of para-hydroxylation sites is 1. The molecule has 1 aromatic heterocycles. The van der Waals surface area contributed by atoms with E-state index in [1.54, 1.807) is 0 Å². The van der Waals surface area contributed by atoms with E-state index in [1.807, 2.05) is 72.2 Å². The first-order valence-electron chi connectivity index (χ1n) is 9.67. The number of hydrogen-bond acceptors (Lipinski definition) is 4. The quantitative estimate of drug-likeness (QED) is 0.403. The maximum absolute atomic E-state index is 12.8. The van der Waals surface area contributed by atoms with Crippen molar-refractivity contribution in [3.63, 3.8) is 0 Å². The van der Waals surface area contributed by atoms with Crippen molar-refractivity contribution in [1.82, 2.24) is 14.8 Å². The summed E-state index contributed by atoms with van der Waals surface area (Å²) in [6.45, 7) is 10.5. The summed E-state index contributed by atoms with van der Waals surface area (Å²) in [5.74, 6) is 1.04. The summed E-state index contributed by atoms with van der Waals surface area (Å²) in [6, 6.07) is 17.8. The molecular formula is C23H26N4OS. The third kappa shape index (κ3) is 4.95. The van der Waals surface area contributed by atoms with Crippen LogP contribution in [0.1, 0.15) is 32.3 Å². The largest absolute Gasteiger partial charge is 0.325 e. The van der Waals surface area contributed by atoms with Gasteiger partial charge in [-0.05, 0) is 24.5 Å². The molecule has 0 saturated heterocycles. The van der Waals surface area contributed by atoms with Crippen LogP contribution in [0.5, 0.6) is 0 Å². The van der Waals surface area contributed by atoms with Gasteiger partial charge < -0.3 is 5.32 Å². The van der Waals surface area contributed by atoms with Crippen molar-refractivity contribution < 1.29 is 4.79 Å². The molecule has 0 spiro atoms. The Bertz CT molecular complexity index is 982. The molecule has 2 aromatic carbocycles. The first kappa shape index (κ1) is 20.9. The zero-order valence-electron chi connectivity index (χ0n) is 17.0. The number of carbonyl (C=O) groups is 1. The number of anilines is 1. The van der Waals surface area contributed by atoms with E-state index in [0.717, 1.165) is 22.6 Å². The first-order valence-corrected chi connectivity index (χ1v) is 10.5. The van der Waals surface area contributed by atoms with Crippen LogP contribution in [-0.4, -0.2) is 25.9 Å². The average molecular weight is 407 g/mol. The van der Waals surface area contributed by atoms with Gasteiger partial charge in [-0.1, -0.05) is 80.2 Å². The lowest BCUT2D eigenvalue weighted by Gasteiger charge is -2.16. The number of hydrogen-bond donors (Lipinski definition) is 1. The fourth-order valence-electron chi connectivity index (χ4n) is 3.03. The van der Waals surface area contributed by atoms with Gasteiger partial charge in [0.05, 0.1) is 5.25 Å². The van der Waals surface area contributed by atoms with Crippen LogP contribution in [-0.2, 0) is 11.3 Å². The molecule has 3 aromatic rings. The summed E-state index contributed by atoms with van der Waals surface area (Å²) >= 11 is 1.40. The number of nitrogens with zero attached hydrogens (tertiary/aromatic N) is 3. The molecule has 0 fully saturated rings. The number of benzene rings is 2. The Hall–Kier alpha value is -2.86. The zero-order chi connectivity index (χ0) is 20.8. The van der Waals surface area contributed by atoms with Gasteiger partial charge in [0.2, 0.25) is 5.91 Å². The highest BCUT2D eigenvalue weighted by molar-refractivity contribution is 8.00. The Labute approximate surface area is 176 Å². The van der Waals surface area contributed by atoms with E-state index in [4.69, 9.17) is 0 Å². The summed E-state index contributed by atoms with van der Waals surface area (Å²) < 4.78 is 1.98. The number of allylic oxidation sites excluding steroid dienone is 1. The standard InChI is InChI=1S/C23H26N4OS/c1-5-15-27-21(18-11-7-6-8-12-18)25-26-23(27)29-17(4)22(28)24-20-14-10-9-13-19(20)16(2)3/h5-14,16-17H,1,15H2,2-4H3,(H,24,28). The maximum Gasteiger partial charge on any atom is 0.237 e. The predicted molar refractivity (Wildman–Crippen MR) is 120 cm³/mol. The molecule has 0 bridgehead atoms. The van der Waals surface area contributed by atoms with Gasteiger partial charge in [-0.2, -0.15) is 0 Å². The number of aromatic nitrogens is 3. The Balaban J connectivity index is 1.78. The van der Waals surface area contributed by atoms with E-state index in [1.165, 1.54) is 11.8 Å². The SMILES string of the molecule is C=CCn1c(SC(C)C(=O)Nc2ccccc2C(C)C)nnc1-c1ccccc1. The van der Waals surface area contributed by atoms with E-state index in [0.29, 0.717) is 17.6 Å². The molecule has 6 heteroatoms. The van der Waals surface area contributed by atoms with E-state index in [2.05, 4.69) is 35.9 Å². The van der Waals surface area contributed by atoms with Gasteiger partial charge in [0.15, 0.2) is 11.0 Å². The van der Waals surface area contributed by atoms with Crippen molar-refractivity contribution in [3.8, 4) is 11.4 Å². The van der Waals surface area contributed by atoms with Crippen molar-refractivity contribution in [2.45, 2.75) is 43.6 Å². The Morgan fingerprint density at radius 1 is 1.10 bits per heavy atom. The van der Waals surface area contributed by atoms with E-state index in [9.17, 15) is 4.79 Å². The molecule has 3 rings (SSSR count). The summed E-state index contributed by atoms with van der Waals surface area (Å²) in [5, 5.41) is 12.1. The van der Waals surface area contributed by atoms with Crippen LogP contribution in [0.3, 0.4) is 0 Å². The lowest BCUT2D eigenvalue weighted by atomic mass is 10.0. The Morgan fingerprint density at radius 3 is 2.48 bits per heavy atom. The topological polar surface area (TPSA) is 59.8 Å². The third-order valence-electron chi connectivity index (χ3n) is 4.55. The molecule has 0 radical (unpaired) electrons. The zero-order valence-corrected chi connectivity index (χ0v) is 17.8. The molecule has 1 unspecified atom stereocenters. The van der Waals surface area contributed by atoms with Crippen molar-refractivity contribution in [1.29, 1.82) is 0 Å². The monoisotopic (exact) mass is 406 g/mol. The lowest BCUT2D eigenvalue weighted by Crippen LogP contribution is -2.23. The van der Waals surface area contributed by atoms with Crippen LogP contribution in [0.25, 0.3) is 11.4 Å². The number of carbonyl (C=O) groups excluding carboxylic acids is 1. The minimum atomic E-state index is -0.327. The molecule has 0 aliphatic carbocycles. The van der Waals surface area contributed by atoms with Crippen molar-refractivity contribution in [3.05, 3.63) is 72.8 Å². The van der Waals surface area contributed by atoms with Gasteiger partial charge in [0, 0.05) is 17.8 Å².